The highest BCUT2D eigenvalue weighted by Gasteiger charge is 2.36. The molecule has 2 aromatic carbocycles. The van der Waals surface area contributed by atoms with E-state index in [-0.39, 0.29) is 24.0 Å². The van der Waals surface area contributed by atoms with Crippen molar-refractivity contribution in [3.8, 4) is 5.88 Å². The van der Waals surface area contributed by atoms with Crippen LogP contribution in [0.15, 0.2) is 66.7 Å². The van der Waals surface area contributed by atoms with E-state index in [1.807, 2.05) is 6.07 Å². The van der Waals surface area contributed by atoms with E-state index >= 15 is 0 Å². The van der Waals surface area contributed by atoms with E-state index in [0.717, 1.165) is 6.42 Å². The monoisotopic (exact) mass is 445 g/mol. The van der Waals surface area contributed by atoms with Gasteiger partial charge in [-0.15, -0.1) is 0 Å². The van der Waals surface area contributed by atoms with Gasteiger partial charge < -0.3 is 15.7 Å². The molecule has 3 atom stereocenters. The Morgan fingerprint density at radius 1 is 1.03 bits per heavy atom. The molecule has 3 aromatic rings. The molecule has 7 heteroatoms. The smallest absolute Gasteiger partial charge is 0.229 e. The molecular formula is C25H23N3O3S. The van der Waals surface area contributed by atoms with Crippen LogP contribution < -0.4 is 10.6 Å². The number of aromatic hydroxyl groups is 1. The average molecular weight is 446 g/mol. The molecule has 3 N–H and O–H groups in total. The van der Waals surface area contributed by atoms with Gasteiger partial charge in [0, 0.05) is 17.2 Å². The fraction of sp³-hybridized carbons (Fsp3) is 0.240. The van der Waals surface area contributed by atoms with Gasteiger partial charge >= 0.3 is 0 Å². The van der Waals surface area contributed by atoms with Crippen molar-refractivity contribution in [2.24, 2.45) is 11.8 Å². The van der Waals surface area contributed by atoms with Gasteiger partial charge in [-0.2, -0.15) is 4.98 Å². The molecule has 1 amide bonds. The minimum Gasteiger partial charge on any atom is -0.492 e. The maximum atomic E-state index is 12.9. The number of rotatable bonds is 7. The summed E-state index contributed by atoms with van der Waals surface area (Å²) in [6.45, 7) is 0. The lowest BCUT2D eigenvalue weighted by Crippen LogP contribution is -2.23. The third kappa shape index (κ3) is 4.16. The van der Waals surface area contributed by atoms with Crippen LogP contribution in [0.4, 0.5) is 10.8 Å². The molecule has 0 radical (unpaired) electrons. The lowest BCUT2D eigenvalue weighted by molar-refractivity contribution is -0.115. The van der Waals surface area contributed by atoms with Crippen molar-refractivity contribution in [1.82, 2.24) is 4.98 Å². The third-order valence-corrected chi connectivity index (χ3v) is 7.04. The molecule has 1 saturated carbocycles. The van der Waals surface area contributed by atoms with Crippen LogP contribution in [-0.2, 0) is 11.2 Å². The number of para-hydroxylation sites is 1. The van der Waals surface area contributed by atoms with Crippen LogP contribution in [0.5, 0.6) is 5.88 Å². The first-order chi connectivity index (χ1) is 15.6. The van der Waals surface area contributed by atoms with E-state index in [9.17, 15) is 14.7 Å². The Hall–Kier alpha value is -3.45. The predicted octanol–water partition coefficient (Wildman–Crippen LogP) is 4.64. The zero-order valence-electron chi connectivity index (χ0n) is 17.3. The SMILES string of the molecule is O=C(Cc1sc(NC2CC3C=CC2C3)nc1O)Nc1ccccc1C(=O)c1ccccc1. The van der Waals surface area contributed by atoms with Gasteiger partial charge in [0.05, 0.1) is 17.0 Å². The molecule has 0 saturated heterocycles. The van der Waals surface area contributed by atoms with Crippen LogP contribution in [0.1, 0.15) is 33.6 Å². The van der Waals surface area contributed by atoms with Gasteiger partial charge in [-0.05, 0) is 36.8 Å². The second-order valence-corrected chi connectivity index (χ2v) is 9.35. The molecule has 5 rings (SSSR count). The quantitative estimate of drug-likeness (QED) is 0.364. The predicted molar refractivity (Wildman–Crippen MR) is 125 cm³/mol. The third-order valence-electron chi connectivity index (χ3n) is 6.07. The Morgan fingerprint density at radius 2 is 1.81 bits per heavy atom. The maximum Gasteiger partial charge on any atom is 0.229 e. The summed E-state index contributed by atoms with van der Waals surface area (Å²) in [5, 5.41) is 17.1. The number of aromatic nitrogens is 1. The van der Waals surface area contributed by atoms with Gasteiger partial charge in [0.25, 0.3) is 0 Å². The first-order valence-corrected chi connectivity index (χ1v) is 11.5. The first kappa shape index (κ1) is 20.5. The first-order valence-electron chi connectivity index (χ1n) is 10.7. The van der Waals surface area contributed by atoms with Gasteiger partial charge in [-0.3, -0.25) is 9.59 Å². The summed E-state index contributed by atoms with van der Waals surface area (Å²) in [7, 11) is 0. The molecule has 1 fully saturated rings. The van der Waals surface area contributed by atoms with Crippen molar-refractivity contribution < 1.29 is 14.7 Å². The number of allylic oxidation sites excluding steroid dienone is 1. The number of thiazole rings is 1. The Bertz CT molecular complexity index is 1190. The Labute approximate surface area is 190 Å². The van der Waals surface area contributed by atoms with Gasteiger partial charge in [-0.1, -0.05) is 66.0 Å². The molecule has 3 unspecified atom stereocenters. The Morgan fingerprint density at radius 3 is 2.56 bits per heavy atom. The van der Waals surface area contributed by atoms with Crippen LogP contribution in [0.3, 0.4) is 0 Å². The highest BCUT2D eigenvalue weighted by atomic mass is 32.1. The van der Waals surface area contributed by atoms with E-state index in [2.05, 4.69) is 27.8 Å². The second kappa shape index (κ2) is 8.59. The van der Waals surface area contributed by atoms with E-state index in [1.165, 1.54) is 17.8 Å². The largest absolute Gasteiger partial charge is 0.492 e. The number of anilines is 2. The number of hydrogen-bond donors (Lipinski definition) is 3. The number of amides is 1. The summed E-state index contributed by atoms with van der Waals surface area (Å²) < 4.78 is 0. The lowest BCUT2D eigenvalue weighted by atomic mass is 10.0. The molecule has 0 spiro atoms. The molecular weight excluding hydrogens is 422 g/mol. The molecule has 0 aliphatic heterocycles. The highest BCUT2D eigenvalue weighted by molar-refractivity contribution is 7.16. The van der Waals surface area contributed by atoms with Crippen molar-refractivity contribution in [1.29, 1.82) is 0 Å². The number of fused-ring (bicyclic) bond motifs is 2. The number of nitrogens with one attached hydrogen (secondary N) is 2. The lowest BCUT2D eigenvalue weighted by Gasteiger charge is -2.18. The van der Waals surface area contributed by atoms with E-state index < -0.39 is 0 Å². The number of carbonyl (C=O) groups is 2. The second-order valence-electron chi connectivity index (χ2n) is 8.26. The zero-order valence-corrected chi connectivity index (χ0v) is 18.1. The van der Waals surface area contributed by atoms with Crippen molar-refractivity contribution >= 4 is 33.8 Å². The standard InChI is InChI=1S/C25H23N3O3S/c29-22(26-19-9-5-4-8-18(19)23(30)16-6-2-1-3-7-16)14-21-24(31)28-25(32-21)27-20-13-15-10-11-17(20)12-15/h1-11,15,17,20,31H,12-14H2,(H,26,29)(H,27,28). The highest BCUT2D eigenvalue weighted by Crippen LogP contribution is 2.41. The van der Waals surface area contributed by atoms with Crippen molar-refractivity contribution in [3.05, 3.63) is 82.8 Å². The molecule has 32 heavy (non-hydrogen) atoms. The van der Waals surface area contributed by atoms with E-state index in [0.29, 0.717) is 44.7 Å². The Balaban J connectivity index is 1.26. The average Bonchev–Trinajstić information content (AvgIpc) is 3.51. The summed E-state index contributed by atoms with van der Waals surface area (Å²) in [4.78, 5) is 30.3. The number of carbonyl (C=O) groups excluding carboxylic acids is 2. The number of hydrogen-bond acceptors (Lipinski definition) is 6. The fourth-order valence-electron chi connectivity index (χ4n) is 4.50. The number of benzene rings is 2. The molecule has 2 aliphatic rings. The van der Waals surface area contributed by atoms with Crippen LogP contribution >= 0.6 is 11.3 Å². The topological polar surface area (TPSA) is 91.3 Å². The maximum absolute atomic E-state index is 12.9. The molecule has 162 valence electrons. The van der Waals surface area contributed by atoms with Gasteiger partial charge in [0.1, 0.15) is 0 Å². The molecule has 6 nitrogen and oxygen atoms in total. The van der Waals surface area contributed by atoms with Gasteiger partial charge in [-0.25, -0.2) is 0 Å². The molecule has 1 aromatic heterocycles. The number of nitrogens with zero attached hydrogens (tertiary/aromatic N) is 1. The van der Waals surface area contributed by atoms with E-state index in [4.69, 9.17) is 0 Å². The van der Waals surface area contributed by atoms with Crippen LogP contribution in [0, 0.1) is 11.8 Å². The minimum atomic E-state index is -0.313. The van der Waals surface area contributed by atoms with Crippen LogP contribution in [-0.4, -0.2) is 27.8 Å². The Kier molecular flexibility index (Phi) is 5.49. The molecule has 2 bridgehead atoms. The van der Waals surface area contributed by atoms with Crippen molar-refractivity contribution in [2.75, 3.05) is 10.6 Å². The number of ketones is 1. The molecule has 1 heterocycles. The summed E-state index contributed by atoms with van der Waals surface area (Å²) in [5.74, 6) is 0.548. The fourth-order valence-corrected chi connectivity index (χ4v) is 5.42. The molecule has 2 aliphatic carbocycles. The van der Waals surface area contributed by atoms with Crippen LogP contribution in [0.2, 0.25) is 0 Å². The van der Waals surface area contributed by atoms with Crippen molar-refractivity contribution in [2.45, 2.75) is 25.3 Å². The summed E-state index contributed by atoms with van der Waals surface area (Å²) in [6.07, 6.45) is 6.75. The van der Waals surface area contributed by atoms with E-state index in [1.54, 1.807) is 48.5 Å². The normalized spacial score (nSPS) is 20.9. The van der Waals surface area contributed by atoms with Gasteiger partial charge in [0.15, 0.2) is 10.9 Å². The summed E-state index contributed by atoms with van der Waals surface area (Å²) in [5.41, 5.74) is 1.43. The minimum absolute atomic E-state index is 0.0182. The van der Waals surface area contributed by atoms with Crippen LogP contribution in [0.25, 0.3) is 0 Å². The summed E-state index contributed by atoms with van der Waals surface area (Å²) in [6, 6.07) is 16.2. The summed E-state index contributed by atoms with van der Waals surface area (Å²) >= 11 is 1.30. The zero-order chi connectivity index (χ0) is 22.1. The van der Waals surface area contributed by atoms with Gasteiger partial charge in [0.2, 0.25) is 11.8 Å². The van der Waals surface area contributed by atoms with Crippen molar-refractivity contribution in [3.63, 3.8) is 0 Å².